The van der Waals surface area contributed by atoms with Gasteiger partial charge in [-0.1, -0.05) is 18.5 Å². The molecule has 0 unspecified atom stereocenters. The van der Waals surface area contributed by atoms with Gasteiger partial charge < -0.3 is 5.73 Å². The Morgan fingerprint density at radius 1 is 1.50 bits per heavy atom. The first-order valence-corrected chi connectivity index (χ1v) is 5.88. The first-order valence-electron chi connectivity index (χ1n) is 3.85. The zero-order valence-corrected chi connectivity index (χ0v) is 8.99. The van der Waals surface area contributed by atoms with Crippen molar-refractivity contribution in [3.8, 4) is 0 Å². The molecule has 2 N–H and O–H groups in total. The maximum absolute atomic E-state index is 13.0. The minimum absolute atomic E-state index is 0.0294. The van der Waals surface area contributed by atoms with Crippen LogP contribution in [0, 0.1) is 5.82 Å². The van der Waals surface area contributed by atoms with Gasteiger partial charge in [-0.3, -0.25) is 0 Å². The predicted molar refractivity (Wildman–Crippen MR) is 53.5 cm³/mol. The van der Waals surface area contributed by atoms with Crippen LogP contribution in [0.25, 0.3) is 0 Å². The normalized spacial score (nSPS) is 11.6. The average Bonchev–Trinajstić information content (AvgIpc) is 2.11. The molecule has 0 aromatic heterocycles. The Kier molecular flexibility index (Phi) is 3.01. The van der Waals surface area contributed by atoms with Crippen molar-refractivity contribution in [3.63, 3.8) is 0 Å². The second kappa shape index (κ2) is 3.74. The lowest BCUT2D eigenvalue weighted by molar-refractivity contribution is 0.592. The van der Waals surface area contributed by atoms with Crippen molar-refractivity contribution in [2.24, 2.45) is 0 Å². The molecule has 0 aliphatic rings. The fourth-order valence-corrected chi connectivity index (χ4v) is 2.15. The molecule has 0 aliphatic carbocycles. The molecule has 6 heteroatoms. The van der Waals surface area contributed by atoms with Gasteiger partial charge in [0.15, 0.2) is 9.84 Å². The lowest BCUT2D eigenvalue weighted by Gasteiger charge is -2.06. The van der Waals surface area contributed by atoms with Crippen LogP contribution in [0.5, 0.6) is 0 Å². The van der Waals surface area contributed by atoms with Crippen molar-refractivity contribution < 1.29 is 12.8 Å². The first kappa shape index (κ1) is 11.3. The standard InChI is InChI=1S/C8H9ClFNO2S/c1-2-14(12,13)8-4-6(10)5(9)3-7(8)11/h3-4H,2,11H2,1H3. The molecule has 0 heterocycles. The number of anilines is 1. The SMILES string of the molecule is CCS(=O)(=O)c1cc(F)c(Cl)cc1N. The molecule has 0 fully saturated rings. The summed E-state index contributed by atoms with van der Waals surface area (Å²) >= 11 is 5.43. The maximum Gasteiger partial charge on any atom is 0.180 e. The molecular formula is C8H9ClFNO2S. The molecule has 0 spiro atoms. The van der Waals surface area contributed by atoms with Crippen LogP contribution < -0.4 is 5.73 Å². The second-order valence-electron chi connectivity index (χ2n) is 2.71. The third-order valence-corrected chi connectivity index (χ3v) is 3.84. The Morgan fingerprint density at radius 2 is 2.07 bits per heavy atom. The van der Waals surface area contributed by atoms with E-state index >= 15 is 0 Å². The van der Waals surface area contributed by atoms with Crippen molar-refractivity contribution >= 4 is 27.1 Å². The molecule has 78 valence electrons. The van der Waals surface area contributed by atoms with Crippen molar-refractivity contribution in [2.75, 3.05) is 11.5 Å². The second-order valence-corrected chi connectivity index (χ2v) is 5.36. The molecule has 0 saturated heterocycles. The van der Waals surface area contributed by atoms with E-state index in [1.807, 2.05) is 0 Å². The maximum atomic E-state index is 13.0. The molecule has 0 atom stereocenters. The highest BCUT2D eigenvalue weighted by Gasteiger charge is 2.17. The summed E-state index contributed by atoms with van der Waals surface area (Å²) in [5.41, 5.74) is 5.39. The highest BCUT2D eigenvalue weighted by Crippen LogP contribution is 2.26. The molecule has 1 rings (SSSR count). The van der Waals surface area contributed by atoms with Crippen molar-refractivity contribution in [2.45, 2.75) is 11.8 Å². The van der Waals surface area contributed by atoms with Crippen LogP contribution in [0.2, 0.25) is 5.02 Å². The summed E-state index contributed by atoms with van der Waals surface area (Å²) in [5.74, 6) is -0.911. The van der Waals surface area contributed by atoms with Gasteiger partial charge in [0.2, 0.25) is 0 Å². The fourth-order valence-electron chi connectivity index (χ4n) is 0.969. The number of hydrogen-bond donors (Lipinski definition) is 1. The van der Waals surface area contributed by atoms with Gasteiger partial charge in [-0.05, 0) is 12.1 Å². The molecule has 0 radical (unpaired) electrons. The van der Waals surface area contributed by atoms with Gasteiger partial charge in [0, 0.05) is 0 Å². The third-order valence-electron chi connectivity index (χ3n) is 1.77. The van der Waals surface area contributed by atoms with E-state index in [0.717, 1.165) is 12.1 Å². The van der Waals surface area contributed by atoms with E-state index in [1.165, 1.54) is 6.92 Å². The number of nitrogens with two attached hydrogens (primary N) is 1. The van der Waals surface area contributed by atoms with Gasteiger partial charge in [0.05, 0.1) is 21.4 Å². The Bertz CT molecular complexity index is 459. The third kappa shape index (κ3) is 1.99. The zero-order valence-electron chi connectivity index (χ0n) is 7.42. The van der Waals surface area contributed by atoms with Crippen molar-refractivity contribution in [1.29, 1.82) is 0 Å². The van der Waals surface area contributed by atoms with Crippen LogP contribution in [0.3, 0.4) is 0 Å². The quantitative estimate of drug-likeness (QED) is 0.799. The largest absolute Gasteiger partial charge is 0.398 e. The number of sulfone groups is 1. The minimum Gasteiger partial charge on any atom is -0.398 e. The molecular weight excluding hydrogens is 229 g/mol. The topological polar surface area (TPSA) is 60.2 Å². The number of halogens is 2. The van der Waals surface area contributed by atoms with Crippen LogP contribution >= 0.6 is 11.6 Å². The van der Waals surface area contributed by atoms with Gasteiger partial charge in [0.25, 0.3) is 0 Å². The number of benzene rings is 1. The Morgan fingerprint density at radius 3 is 2.57 bits per heavy atom. The number of hydrogen-bond acceptors (Lipinski definition) is 3. The average molecular weight is 238 g/mol. The summed E-state index contributed by atoms with van der Waals surface area (Å²) in [4.78, 5) is -0.207. The predicted octanol–water partition coefficient (Wildman–Crippen LogP) is 1.85. The number of rotatable bonds is 2. The molecule has 0 saturated carbocycles. The lowest BCUT2D eigenvalue weighted by Crippen LogP contribution is -2.07. The van der Waals surface area contributed by atoms with E-state index in [9.17, 15) is 12.8 Å². The van der Waals surface area contributed by atoms with Crippen LogP contribution in [0.1, 0.15) is 6.92 Å². The van der Waals surface area contributed by atoms with E-state index in [2.05, 4.69) is 0 Å². The van der Waals surface area contributed by atoms with Gasteiger partial charge >= 0.3 is 0 Å². The lowest BCUT2D eigenvalue weighted by atomic mass is 10.3. The molecule has 0 bridgehead atoms. The first-order chi connectivity index (χ1) is 6.38. The fraction of sp³-hybridized carbons (Fsp3) is 0.250. The molecule has 1 aromatic rings. The zero-order chi connectivity index (χ0) is 10.9. The van der Waals surface area contributed by atoms with Crippen molar-refractivity contribution in [3.05, 3.63) is 23.0 Å². The Balaban J connectivity index is 3.45. The summed E-state index contributed by atoms with van der Waals surface area (Å²) in [6, 6.07) is 1.94. The van der Waals surface area contributed by atoms with Crippen LogP contribution in [0.15, 0.2) is 17.0 Å². The highest BCUT2D eigenvalue weighted by molar-refractivity contribution is 7.91. The van der Waals surface area contributed by atoms with E-state index in [-0.39, 0.29) is 21.4 Å². The van der Waals surface area contributed by atoms with E-state index in [4.69, 9.17) is 17.3 Å². The molecule has 1 aromatic carbocycles. The van der Waals surface area contributed by atoms with Gasteiger partial charge in [0.1, 0.15) is 5.82 Å². The molecule has 14 heavy (non-hydrogen) atoms. The monoisotopic (exact) mass is 237 g/mol. The summed E-state index contributed by atoms with van der Waals surface area (Å²) in [5, 5.41) is -0.183. The number of nitrogen functional groups attached to an aromatic ring is 1. The molecule has 3 nitrogen and oxygen atoms in total. The molecule has 0 amide bonds. The molecule has 0 aliphatic heterocycles. The summed E-state index contributed by atoms with van der Waals surface area (Å²) < 4.78 is 35.8. The Labute approximate surface area is 86.6 Å². The summed E-state index contributed by atoms with van der Waals surface area (Å²) in [6.45, 7) is 1.46. The van der Waals surface area contributed by atoms with Gasteiger partial charge in [-0.15, -0.1) is 0 Å². The van der Waals surface area contributed by atoms with E-state index in [0.29, 0.717) is 0 Å². The summed E-state index contributed by atoms with van der Waals surface area (Å²) in [6.07, 6.45) is 0. The van der Waals surface area contributed by atoms with E-state index in [1.54, 1.807) is 0 Å². The van der Waals surface area contributed by atoms with E-state index < -0.39 is 15.7 Å². The van der Waals surface area contributed by atoms with Crippen molar-refractivity contribution in [1.82, 2.24) is 0 Å². The smallest absolute Gasteiger partial charge is 0.180 e. The van der Waals surface area contributed by atoms with Gasteiger partial charge in [-0.2, -0.15) is 0 Å². The van der Waals surface area contributed by atoms with Gasteiger partial charge in [-0.25, -0.2) is 12.8 Å². The minimum atomic E-state index is -3.49. The van der Waals surface area contributed by atoms with Crippen LogP contribution in [-0.2, 0) is 9.84 Å². The Hall–Kier alpha value is -0.810. The van der Waals surface area contributed by atoms with Crippen LogP contribution in [0.4, 0.5) is 10.1 Å². The van der Waals surface area contributed by atoms with Crippen LogP contribution in [-0.4, -0.2) is 14.2 Å². The highest BCUT2D eigenvalue weighted by atomic mass is 35.5. The summed E-state index contributed by atoms with van der Waals surface area (Å²) in [7, 11) is -3.49.